The Labute approximate surface area is 213 Å². The molecule has 1 amide bonds. The van der Waals surface area contributed by atoms with Gasteiger partial charge in [-0.3, -0.25) is 14.9 Å². The minimum atomic E-state index is -0.859. The van der Waals surface area contributed by atoms with Gasteiger partial charge in [-0.2, -0.15) is 0 Å². The molecule has 4 rings (SSSR count). The first-order valence-electron chi connectivity index (χ1n) is 11.1. The molecule has 4 aromatic carbocycles. The average Bonchev–Trinajstić information content (AvgIpc) is 2.89. The summed E-state index contributed by atoms with van der Waals surface area (Å²) in [5.41, 5.74) is 2.29. The lowest BCUT2D eigenvalue weighted by molar-refractivity contribution is -0.384. The molecule has 0 aliphatic rings. The van der Waals surface area contributed by atoms with Crippen LogP contribution in [0.2, 0.25) is 0 Å². The lowest BCUT2D eigenvalue weighted by Crippen LogP contribution is -2.39. The van der Waals surface area contributed by atoms with Gasteiger partial charge in [0.2, 0.25) is 0 Å². The number of nitrogens with zero attached hydrogens (tertiary/aromatic N) is 1. The number of carbonyl (C=O) groups excluding carboxylic acids is 1. The van der Waals surface area contributed by atoms with E-state index in [1.807, 2.05) is 73.7 Å². The number of rotatable bonds is 7. The van der Waals surface area contributed by atoms with E-state index in [0.29, 0.717) is 17.0 Å². The van der Waals surface area contributed by atoms with Gasteiger partial charge in [0.1, 0.15) is 17.5 Å². The van der Waals surface area contributed by atoms with Crippen molar-refractivity contribution in [3.63, 3.8) is 0 Å². The van der Waals surface area contributed by atoms with Gasteiger partial charge in [0.05, 0.1) is 23.8 Å². The van der Waals surface area contributed by atoms with Crippen molar-refractivity contribution in [2.24, 2.45) is 0 Å². The molecule has 0 bridgehead atoms. The Morgan fingerprint density at radius 1 is 0.972 bits per heavy atom. The second-order valence-corrected chi connectivity index (χ2v) is 8.46. The molecule has 8 nitrogen and oxygen atoms in total. The highest BCUT2D eigenvalue weighted by Crippen LogP contribution is 2.30. The summed E-state index contributed by atoms with van der Waals surface area (Å²) in [4.78, 5) is 24.6. The van der Waals surface area contributed by atoms with Crippen molar-refractivity contribution in [2.75, 3.05) is 17.7 Å². The first-order valence-corrected chi connectivity index (χ1v) is 11.5. The Kier molecular flexibility index (Phi) is 7.41. The third-order valence-electron chi connectivity index (χ3n) is 5.71. The van der Waals surface area contributed by atoms with Crippen molar-refractivity contribution in [1.29, 1.82) is 0 Å². The number of thiocarbonyl (C=S) groups is 1. The van der Waals surface area contributed by atoms with Gasteiger partial charge in [-0.15, -0.1) is 0 Å². The third kappa shape index (κ3) is 5.42. The van der Waals surface area contributed by atoms with Crippen molar-refractivity contribution in [3.8, 4) is 5.75 Å². The lowest BCUT2D eigenvalue weighted by atomic mass is 10.0. The first kappa shape index (κ1) is 24.6. The number of nitro groups is 1. The van der Waals surface area contributed by atoms with Crippen LogP contribution in [0.15, 0.2) is 84.9 Å². The summed E-state index contributed by atoms with van der Waals surface area (Å²) in [6, 6.07) is 24.4. The van der Waals surface area contributed by atoms with E-state index in [4.69, 9.17) is 17.0 Å². The molecule has 0 fully saturated rings. The van der Waals surface area contributed by atoms with Gasteiger partial charge in [0.25, 0.3) is 11.6 Å². The van der Waals surface area contributed by atoms with Crippen LogP contribution in [-0.2, 0) is 4.79 Å². The van der Waals surface area contributed by atoms with Crippen LogP contribution in [-0.4, -0.2) is 23.1 Å². The third-order valence-corrected chi connectivity index (χ3v) is 5.93. The maximum atomic E-state index is 13.6. The van der Waals surface area contributed by atoms with Crippen LogP contribution in [0.4, 0.5) is 17.1 Å². The average molecular weight is 501 g/mol. The topological polar surface area (TPSA) is 106 Å². The van der Waals surface area contributed by atoms with Gasteiger partial charge in [-0.05, 0) is 47.8 Å². The van der Waals surface area contributed by atoms with Crippen LogP contribution in [0.25, 0.3) is 10.8 Å². The summed E-state index contributed by atoms with van der Waals surface area (Å²) in [5, 5.41) is 22.5. The Morgan fingerprint density at radius 3 is 2.42 bits per heavy atom. The number of benzene rings is 4. The highest BCUT2D eigenvalue weighted by molar-refractivity contribution is 7.80. The summed E-state index contributed by atoms with van der Waals surface area (Å²) < 4.78 is 5.08. The standard InChI is InChI=1S/C27H24N4O4S/c1-17-12-13-18-8-6-7-11-21(18)24(17)29-26(32)25(19-9-4-3-5-10-19)30-27(36)28-22-15-14-20(35-2)16-23(22)31(33)34/h3-16,25H,1-2H3,(H,29,32)(H2,28,30,36). The van der Waals surface area contributed by atoms with Crippen LogP contribution in [0.3, 0.4) is 0 Å². The molecule has 182 valence electrons. The Hall–Kier alpha value is -4.50. The molecule has 0 radical (unpaired) electrons. The molecule has 1 unspecified atom stereocenters. The number of hydrogen-bond acceptors (Lipinski definition) is 5. The quantitative estimate of drug-likeness (QED) is 0.169. The number of carbonyl (C=O) groups is 1. The number of nitrogens with one attached hydrogen (secondary N) is 3. The van der Waals surface area contributed by atoms with Gasteiger partial charge in [0.15, 0.2) is 5.11 Å². The molecular weight excluding hydrogens is 476 g/mol. The number of anilines is 2. The zero-order valence-electron chi connectivity index (χ0n) is 19.6. The predicted octanol–water partition coefficient (Wildman–Crippen LogP) is 5.73. The fraction of sp³-hybridized carbons (Fsp3) is 0.111. The number of hydrogen-bond donors (Lipinski definition) is 3. The minimum absolute atomic E-state index is 0.0573. The highest BCUT2D eigenvalue weighted by atomic mass is 32.1. The Bertz CT molecular complexity index is 1440. The summed E-state index contributed by atoms with van der Waals surface area (Å²) >= 11 is 5.45. The lowest BCUT2D eigenvalue weighted by Gasteiger charge is -2.22. The van der Waals surface area contributed by atoms with Crippen molar-refractivity contribution in [1.82, 2.24) is 5.32 Å². The second kappa shape index (κ2) is 10.8. The van der Waals surface area contributed by atoms with E-state index < -0.39 is 11.0 Å². The number of ether oxygens (including phenoxy) is 1. The van der Waals surface area contributed by atoms with E-state index in [2.05, 4.69) is 16.0 Å². The first-order chi connectivity index (χ1) is 17.4. The molecule has 36 heavy (non-hydrogen) atoms. The van der Waals surface area contributed by atoms with Crippen LogP contribution in [0.1, 0.15) is 17.2 Å². The van der Waals surface area contributed by atoms with E-state index in [0.717, 1.165) is 16.3 Å². The molecule has 0 heterocycles. The van der Waals surface area contributed by atoms with Crippen molar-refractivity contribution >= 4 is 51.1 Å². The molecule has 1 atom stereocenters. The summed E-state index contributed by atoms with van der Waals surface area (Å²) in [7, 11) is 1.43. The SMILES string of the molecule is COc1ccc(NC(=S)NC(C(=O)Nc2c(C)ccc3ccccc23)c2ccccc2)c([N+](=O)[O-])c1. The zero-order chi connectivity index (χ0) is 25.7. The number of aryl methyl sites for hydroxylation is 1. The Balaban J connectivity index is 1.61. The smallest absolute Gasteiger partial charge is 0.296 e. The van der Waals surface area contributed by atoms with Gasteiger partial charge >= 0.3 is 0 Å². The number of amides is 1. The molecule has 0 aliphatic carbocycles. The van der Waals surface area contributed by atoms with Gasteiger partial charge in [-0.25, -0.2) is 0 Å². The largest absolute Gasteiger partial charge is 0.496 e. The van der Waals surface area contributed by atoms with Crippen LogP contribution in [0, 0.1) is 17.0 Å². The number of methoxy groups -OCH3 is 1. The molecule has 0 aliphatic heterocycles. The van der Waals surface area contributed by atoms with E-state index in [1.54, 1.807) is 6.07 Å². The number of nitro benzene ring substituents is 1. The van der Waals surface area contributed by atoms with E-state index in [9.17, 15) is 14.9 Å². The van der Waals surface area contributed by atoms with E-state index in [-0.39, 0.29) is 22.4 Å². The van der Waals surface area contributed by atoms with E-state index in [1.165, 1.54) is 19.2 Å². The van der Waals surface area contributed by atoms with E-state index >= 15 is 0 Å². The molecule has 4 aromatic rings. The van der Waals surface area contributed by atoms with Crippen molar-refractivity contribution in [2.45, 2.75) is 13.0 Å². The van der Waals surface area contributed by atoms with Gasteiger partial charge in [-0.1, -0.05) is 66.7 Å². The Morgan fingerprint density at radius 2 is 1.69 bits per heavy atom. The summed E-state index contributed by atoms with van der Waals surface area (Å²) in [6.07, 6.45) is 0. The predicted molar refractivity (Wildman–Crippen MR) is 146 cm³/mol. The molecule has 9 heteroatoms. The molecule has 3 N–H and O–H groups in total. The summed E-state index contributed by atoms with van der Waals surface area (Å²) in [5.74, 6) is 0.0205. The fourth-order valence-corrected chi connectivity index (χ4v) is 4.10. The molecule has 0 aromatic heterocycles. The zero-order valence-corrected chi connectivity index (χ0v) is 20.5. The maximum absolute atomic E-state index is 13.6. The maximum Gasteiger partial charge on any atom is 0.296 e. The molecule has 0 spiro atoms. The van der Waals surface area contributed by atoms with Crippen LogP contribution >= 0.6 is 12.2 Å². The monoisotopic (exact) mass is 500 g/mol. The highest BCUT2D eigenvalue weighted by Gasteiger charge is 2.24. The normalized spacial score (nSPS) is 11.4. The van der Waals surface area contributed by atoms with Gasteiger partial charge < -0.3 is 20.7 Å². The fourth-order valence-electron chi connectivity index (χ4n) is 3.87. The van der Waals surface area contributed by atoms with Gasteiger partial charge in [0, 0.05) is 5.39 Å². The minimum Gasteiger partial charge on any atom is -0.496 e. The molecular formula is C27H24N4O4S. The van der Waals surface area contributed by atoms with Crippen LogP contribution in [0.5, 0.6) is 5.75 Å². The summed E-state index contributed by atoms with van der Waals surface area (Å²) in [6.45, 7) is 1.93. The van der Waals surface area contributed by atoms with Crippen molar-refractivity contribution in [3.05, 3.63) is 106 Å². The number of fused-ring (bicyclic) bond motifs is 1. The van der Waals surface area contributed by atoms with Crippen molar-refractivity contribution < 1.29 is 14.5 Å². The molecule has 0 saturated carbocycles. The second-order valence-electron chi connectivity index (χ2n) is 8.05. The molecule has 0 saturated heterocycles. The van der Waals surface area contributed by atoms with Crippen LogP contribution < -0.4 is 20.7 Å².